The number of amides is 1. The molecule has 1 aromatic heterocycles. The Morgan fingerprint density at radius 3 is 2.24 bits per heavy atom. The van der Waals surface area contributed by atoms with Crippen LogP contribution in [0.4, 0.5) is 9.18 Å². The number of pyridine rings is 1. The topological polar surface area (TPSA) is 69.7 Å². The highest BCUT2D eigenvalue weighted by Gasteiger charge is 2.52. The molecule has 0 bridgehead atoms. The normalized spacial score (nSPS) is 17.7. The minimum Gasteiger partial charge on any atom is -0.449 e. The Kier molecular flexibility index (Phi) is 7.07. The summed E-state index contributed by atoms with van der Waals surface area (Å²) in [5.74, 6) is -0.647. The largest absolute Gasteiger partial charge is 0.492 e. The van der Waals surface area contributed by atoms with E-state index in [1.165, 1.54) is 18.3 Å². The molecule has 2 aliphatic rings. The number of hydrogen-bond donors (Lipinski definition) is 1. The number of ether oxygens (including phenoxy) is 1. The number of alkyl carbamates (subject to hydrolysis) is 1. The Morgan fingerprint density at radius 2 is 1.66 bits per heavy atom. The molecule has 0 unspecified atom stereocenters. The first-order valence-corrected chi connectivity index (χ1v) is 12.9. The number of hydrogen-bond acceptors (Lipinski definition) is 5. The molecular formula is C29H29BClFN2O4. The number of benzene rings is 2. The molecule has 2 aromatic carbocycles. The van der Waals surface area contributed by atoms with E-state index in [9.17, 15) is 9.18 Å². The van der Waals surface area contributed by atoms with Crippen molar-refractivity contribution in [2.45, 2.75) is 44.8 Å². The van der Waals surface area contributed by atoms with Crippen molar-refractivity contribution < 1.29 is 23.2 Å². The molecule has 5 rings (SSSR count). The van der Waals surface area contributed by atoms with Crippen LogP contribution in [-0.4, -0.2) is 42.5 Å². The Bertz CT molecular complexity index is 1350. The number of fused-ring (bicyclic) bond motifs is 3. The van der Waals surface area contributed by atoms with Crippen molar-refractivity contribution in [2.75, 3.05) is 13.2 Å². The van der Waals surface area contributed by atoms with Gasteiger partial charge in [0, 0.05) is 18.7 Å². The molecule has 1 saturated heterocycles. The molecule has 3 aromatic rings. The lowest BCUT2D eigenvalue weighted by Crippen LogP contribution is -2.41. The summed E-state index contributed by atoms with van der Waals surface area (Å²) in [6.45, 7) is 7.88. The molecular weight excluding hydrogens is 506 g/mol. The molecule has 6 nitrogen and oxygen atoms in total. The van der Waals surface area contributed by atoms with Crippen molar-refractivity contribution in [2.24, 2.45) is 0 Å². The van der Waals surface area contributed by atoms with E-state index in [0.29, 0.717) is 5.47 Å². The van der Waals surface area contributed by atoms with Gasteiger partial charge in [0.05, 0.1) is 21.9 Å². The first kappa shape index (κ1) is 26.4. The van der Waals surface area contributed by atoms with Gasteiger partial charge in [-0.1, -0.05) is 60.1 Å². The number of carbonyl (C=O) groups excluding carboxylic acids is 1. The van der Waals surface area contributed by atoms with Crippen LogP contribution < -0.4 is 5.32 Å². The molecule has 0 radical (unpaired) electrons. The molecule has 0 spiro atoms. The molecule has 0 atom stereocenters. The Hall–Kier alpha value is -3.20. The van der Waals surface area contributed by atoms with Gasteiger partial charge in [0.15, 0.2) is 0 Å². The first-order valence-electron chi connectivity index (χ1n) is 12.5. The minimum absolute atomic E-state index is 0.0112. The summed E-state index contributed by atoms with van der Waals surface area (Å²) in [5.41, 5.74) is 3.88. The molecule has 1 fully saturated rings. The predicted octanol–water partition coefficient (Wildman–Crippen LogP) is 6.43. The standard InChI is InChI=1S/C29H29BClFN2O4/c1-28(2)29(3,4)38-30(37-28)18(13-26-25(32)14-19(31)16-33-26)15-34-27(35)36-17-24-22-11-7-5-9-20(22)21-10-6-8-12-23(21)24/h5-14,16,24H,15,17H2,1-4H3,(H,34,35). The molecule has 0 saturated carbocycles. The lowest BCUT2D eigenvalue weighted by molar-refractivity contribution is 0.00578. The highest BCUT2D eigenvalue weighted by Crippen LogP contribution is 2.44. The number of rotatable bonds is 6. The maximum absolute atomic E-state index is 14.6. The summed E-state index contributed by atoms with van der Waals surface area (Å²) in [5, 5.41) is 2.96. The first-order chi connectivity index (χ1) is 18.1. The predicted molar refractivity (Wildman–Crippen MR) is 146 cm³/mol. The molecule has 9 heteroatoms. The third-order valence-electron chi connectivity index (χ3n) is 7.49. The van der Waals surface area contributed by atoms with Crippen molar-refractivity contribution in [3.05, 3.63) is 93.9 Å². The zero-order chi connectivity index (χ0) is 27.1. The molecule has 1 amide bonds. The Morgan fingerprint density at radius 1 is 1.08 bits per heavy atom. The van der Waals surface area contributed by atoms with Crippen molar-refractivity contribution in [3.8, 4) is 11.1 Å². The van der Waals surface area contributed by atoms with E-state index in [1.54, 1.807) is 0 Å². The average Bonchev–Trinajstić information content (AvgIpc) is 3.30. The van der Waals surface area contributed by atoms with Gasteiger partial charge in [-0.05, 0) is 67.6 Å². The van der Waals surface area contributed by atoms with Gasteiger partial charge in [-0.15, -0.1) is 0 Å². The monoisotopic (exact) mass is 534 g/mol. The number of nitrogens with one attached hydrogen (secondary N) is 1. The smallest absolute Gasteiger partial charge is 0.449 e. The molecule has 1 aliphatic heterocycles. The second-order valence-corrected chi connectivity index (χ2v) is 10.9. The second kappa shape index (κ2) is 10.2. The maximum Gasteiger partial charge on any atom is 0.492 e. The number of nitrogens with zero attached hydrogens (tertiary/aromatic N) is 1. The van der Waals surface area contributed by atoms with Crippen LogP contribution in [0.2, 0.25) is 5.02 Å². The maximum atomic E-state index is 14.6. The number of carbonyl (C=O) groups is 1. The van der Waals surface area contributed by atoms with Gasteiger partial charge in [0.25, 0.3) is 0 Å². The zero-order valence-corrected chi connectivity index (χ0v) is 22.5. The Labute approximate surface area is 227 Å². The van der Waals surface area contributed by atoms with Crippen LogP contribution in [0, 0.1) is 5.82 Å². The lowest BCUT2D eigenvalue weighted by Gasteiger charge is -2.32. The molecule has 1 aliphatic carbocycles. The van der Waals surface area contributed by atoms with Crippen LogP contribution in [-0.2, 0) is 14.0 Å². The van der Waals surface area contributed by atoms with Crippen molar-refractivity contribution in [1.29, 1.82) is 0 Å². The second-order valence-electron chi connectivity index (χ2n) is 10.5. The summed E-state index contributed by atoms with van der Waals surface area (Å²) < 4.78 is 32.5. The van der Waals surface area contributed by atoms with E-state index in [4.69, 9.17) is 25.6 Å². The van der Waals surface area contributed by atoms with Crippen molar-refractivity contribution in [3.63, 3.8) is 0 Å². The van der Waals surface area contributed by atoms with Crippen LogP contribution >= 0.6 is 11.6 Å². The third-order valence-corrected chi connectivity index (χ3v) is 7.70. The fourth-order valence-corrected chi connectivity index (χ4v) is 4.87. The lowest BCUT2D eigenvalue weighted by atomic mass is 9.77. The van der Waals surface area contributed by atoms with Gasteiger partial charge in [0.1, 0.15) is 12.4 Å². The van der Waals surface area contributed by atoms with E-state index in [0.717, 1.165) is 22.3 Å². The molecule has 1 N–H and O–H groups in total. The summed E-state index contributed by atoms with van der Waals surface area (Å²) >= 11 is 5.86. The number of halogens is 2. The van der Waals surface area contributed by atoms with Crippen LogP contribution in [0.5, 0.6) is 0 Å². The average molecular weight is 535 g/mol. The zero-order valence-electron chi connectivity index (χ0n) is 21.8. The van der Waals surface area contributed by atoms with E-state index in [-0.39, 0.29) is 29.8 Å². The minimum atomic E-state index is -0.814. The SMILES string of the molecule is CC1(C)OB(C(=Cc2ncc(Cl)cc2F)CNC(=O)OCC2c3ccccc3-c3ccccc32)OC1(C)C. The van der Waals surface area contributed by atoms with Crippen molar-refractivity contribution >= 4 is 30.9 Å². The van der Waals surface area contributed by atoms with Gasteiger partial charge in [-0.3, -0.25) is 4.98 Å². The quantitative estimate of drug-likeness (QED) is 0.369. The third kappa shape index (κ3) is 5.08. The molecule has 196 valence electrons. The van der Waals surface area contributed by atoms with Gasteiger partial charge in [-0.2, -0.15) is 0 Å². The highest BCUT2D eigenvalue weighted by atomic mass is 35.5. The van der Waals surface area contributed by atoms with E-state index < -0.39 is 30.2 Å². The van der Waals surface area contributed by atoms with Crippen molar-refractivity contribution in [1.82, 2.24) is 10.3 Å². The van der Waals surface area contributed by atoms with E-state index >= 15 is 0 Å². The summed E-state index contributed by atoms with van der Waals surface area (Å²) in [7, 11) is -0.814. The summed E-state index contributed by atoms with van der Waals surface area (Å²) in [6, 6.07) is 17.5. The van der Waals surface area contributed by atoms with Gasteiger partial charge in [-0.25, -0.2) is 9.18 Å². The van der Waals surface area contributed by atoms with Gasteiger partial charge >= 0.3 is 13.2 Å². The van der Waals surface area contributed by atoms with E-state index in [1.807, 2.05) is 52.0 Å². The fourth-order valence-electron chi connectivity index (χ4n) is 4.73. The highest BCUT2D eigenvalue weighted by molar-refractivity contribution is 6.56. The number of aromatic nitrogens is 1. The summed E-state index contributed by atoms with van der Waals surface area (Å²) in [6.07, 6.45) is 2.27. The summed E-state index contributed by atoms with van der Waals surface area (Å²) in [4.78, 5) is 16.9. The molecule has 2 heterocycles. The van der Waals surface area contributed by atoms with E-state index in [2.05, 4.69) is 34.6 Å². The molecule has 38 heavy (non-hydrogen) atoms. The van der Waals surface area contributed by atoms with Crippen LogP contribution in [0.3, 0.4) is 0 Å². The van der Waals surface area contributed by atoms with Gasteiger partial charge in [0.2, 0.25) is 0 Å². The van der Waals surface area contributed by atoms with Gasteiger partial charge < -0.3 is 19.4 Å². The fraction of sp³-hybridized carbons (Fsp3) is 0.310. The van der Waals surface area contributed by atoms with Crippen LogP contribution in [0.25, 0.3) is 17.2 Å². The Balaban J connectivity index is 1.31. The van der Waals surface area contributed by atoms with Crippen LogP contribution in [0.15, 0.2) is 66.3 Å². The van der Waals surface area contributed by atoms with Crippen LogP contribution in [0.1, 0.15) is 50.4 Å².